The number of benzene rings is 1. The van der Waals surface area contributed by atoms with Crippen molar-refractivity contribution >= 4 is 5.65 Å². The van der Waals surface area contributed by atoms with E-state index in [-0.39, 0.29) is 0 Å². The van der Waals surface area contributed by atoms with Crippen molar-refractivity contribution in [1.82, 2.24) is 14.4 Å². The molecular weight excluding hydrogens is 210 g/mol. The minimum atomic E-state index is 0.906. The Kier molecular flexibility index (Phi) is 2.37. The fourth-order valence-corrected chi connectivity index (χ4v) is 2.12. The van der Waals surface area contributed by atoms with Gasteiger partial charge in [-0.15, -0.1) is 0 Å². The molecule has 0 radical (unpaired) electrons. The summed E-state index contributed by atoms with van der Waals surface area (Å²) in [4.78, 5) is 8.77. The van der Waals surface area contributed by atoms with Crippen molar-refractivity contribution in [3.8, 4) is 11.3 Å². The van der Waals surface area contributed by atoms with Gasteiger partial charge in [-0.2, -0.15) is 0 Å². The average molecular weight is 223 g/mol. The third kappa shape index (κ3) is 1.60. The molecule has 0 amide bonds. The van der Waals surface area contributed by atoms with Crippen LogP contribution in [0.4, 0.5) is 0 Å². The van der Waals surface area contributed by atoms with Gasteiger partial charge >= 0.3 is 0 Å². The van der Waals surface area contributed by atoms with Gasteiger partial charge in [0, 0.05) is 18.0 Å². The number of fused-ring (bicyclic) bond motifs is 1. The first-order chi connectivity index (χ1) is 8.40. The molecule has 3 nitrogen and oxygen atoms in total. The molecule has 0 spiro atoms. The highest BCUT2D eigenvalue weighted by Crippen LogP contribution is 2.24. The lowest BCUT2D eigenvalue weighted by atomic mass is 10.1. The lowest BCUT2D eigenvalue weighted by Gasteiger charge is -2.01. The van der Waals surface area contributed by atoms with Crippen LogP contribution in [0.2, 0.25) is 0 Å². The van der Waals surface area contributed by atoms with E-state index in [0.717, 1.165) is 23.3 Å². The maximum Gasteiger partial charge on any atom is 0.156 e. The Bertz CT molecular complexity index is 641. The fourth-order valence-electron chi connectivity index (χ4n) is 2.12. The van der Waals surface area contributed by atoms with Gasteiger partial charge in [-0.25, -0.2) is 4.98 Å². The zero-order chi connectivity index (χ0) is 11.7. The molecule has 0 saturated carbocycles. The van der Waals surface area contributed by atoms with Crippen LogP contribution in [-0.2, 0) is 6.42 Å². The van der Waals surface area contributed by atoms with Gasteiger partial charge < -0.3 is 4.40 Å². The molecule has 0 atom stereocenters. The minimum absolute atomic E-state index is 0.906. The Balaban J connectivity index is 2.30. The maximum absolute atomic E-state index is 4.65. The van der Waals surface area contributed by atoms with E-state index in [1.54, 1.807) is 12.4 Å². The van der Waals surface area contributed by atoms with E-state index in [1.807, 2.05) is 24.4 Å². The summed E-state index contributed by atoms with van der Waals surface area (Å²) in [6, 6.07) is 10.3. The van der Waals surface area contributed by atoms with Crippen LogP contribution in [0.25, 0.3) is 16.9 Å². The summed E-state index contributed by atoms with van der Waals surface area (Å²) in [5, 5.41) is 0. The normalized spacial score (nSPS) is 10.9. The number of nitrogens with zero attached hydrogens (tertiary/aromatic N) is 3. The topological polar surface area (TPSA) is 30.2 Å². The second-order valence-corrected chi connectivity index (χ2v) is 3.93. The van der Waals surface area contributed by atoms with Crippen LogP contribution in [0.15, 0.2) is 48.9 Å². The summed E-state index contributed by atoms with van der Waals surface area (Å²) < 4.78 is 2.11. The molecule has 2 aromatic heterocycles. The van der Waals surface area contributed by atoms with Crippen molar-refractivity contribution in [1.29, 1.82) is 0 Å². The fraction of sp³-hybridized carbons (Fsp3) is 0.143. The highest BCUT2D eigenvalue weighted by atomic mass is 15.0. The smallest absolute Gasteiger partial charge is 0.156 e. The molecule has 3 heteroatoms. The van der Waals surface area contributed by atoms with Gasteiger partial charge in [0.05, 0.1) is 17.6 Å². The predicted octanol–water partition coefficient (Wildman–Crippen LogP) is 2.96. The van der Waals surface area contributed by atoms with Crippen LogP contribution in [0.3, 0.4) is 0 Å². The van der Waals surface area contributed by atoms with E-state index in [9.17, 15) is 0 Å². The molecule has 0 aliphatic rings. The van der Waals surface area contributed by atoms with Gasteiger partial charge in [-0.1, -0.05) is 37.3 Å². The molecule has 84 valence electrons. The molecule has 0 N–H and O–H groups in total. The van der Waals surface area contributed by atoms with E-state index >= 15 is 0 Å². The summed E-state index contributed by atoms with van der Waals surface area (Å²) in [7, 11) is 0. The zero-order valence-corrected chi connectivity index (χ0v) is 9.67. The van der Waals surface area contributed by atoms with Gasteiger partial charge in [0.15, 0.2) is 5.65 Å². The van der Waals surface area contributed by atoms with Crippen molar-refractivity contribution in [3.05, 3.63) is 54.6 Å². The van der Waals surface area contributed by atoms with Crippen molar-refractivity contribution in [2.45, 2.75) is 13.3 Å². The molecule has 0 saturated heterocycles. The van der Waals surface area contributed by atoms with E-state index in [0.29, 0.717) is 0 Å². The summed E-state index contributed by atoms with van der Waals surface area (Å²) >= 11 is 0. The van der Waals surface area contributed by atoms with Crippen molar-refractivity contribution in [2.75, 3.05) is 0 Å². The van der Waals surface area contributed by atoms with E-state index in [4.69, 9.17) is 0 Å². The summed E-state index contributed by atoms with van der Waals surface area (Å²) in [6.07, 6.45) is 6.51. The number of aromatic nitrogens is 3. The zero-order valence-electron chi connectivity index (χ0n) is 9.67. The van der Waals surface area contributed by atoms with E-state index < -0.39 is 0 Å². The molecule has 0 aliphatic heterocycles. The van der Waals surface area contributed by atoms with Crippen LogP contribution in [-0.4, -0.2) is 14.4 Å². The van der Waals surface area contributed by atoms with Crippen LogP contribution in [0.5, 0.6) is 0 Å². The highest BCUT2D eigenvalue weighted by molar-refractivity contribution is 5.66. The molecule has 3 aromatic rings. The number of hydrogen-bond donors (Lipinski definition) is 0. The predicted molar refractivity (Wildman–Crippen MR) is 67.8 cm³/mol. The minimum Gasteiger partial charge on any atom is -0.301 e. The summed E-state index contributed by atoms with van der Waals surface area (Å²) in [6.45, 7) is 2.15. The number of imidazole rings is 1. The van der Waals surface area contributed by atoms with Crippen LogP contribution in [0, 0.1) is 0 Å². The van der Waals surface area contributed by atoms with Crippen LogP contribution < -0.4 is 0 Å². The second kappa shape index (κ2) is 4.01. The third-order valence-electron chi connectivity index (χ3n) is 2.91. The Labute approximate surface area is 99.8 Å². The van der Waals surface area contributed by atoms with Crippen molar-refractivity contribution in [2.24, 2.45) is 0 Å². The van der Waals surface area contributed by atoms with Crippen molar-refractivity contribution in [3.63, 3.8) is 0 Å². The Hall–Kier alpha value is -2.16. The molecule has 0 fully saturated rings. The van der Waals surface area contributed by atoms with Gasteiger partial charge in [0.25, 0.3) is 0 Å². The lowest BCUT2D eigenvalue weighted by Crippen LogP contribution is -1.92. The lowest BCUT2D eigenvalue weighted by molar-refractivity contribution is 0.985. The van der Waals surface area contributed by atoms with Gasteiger partial charge in [0.2, 0.25) is 0 Å². The average Bonchev–Trinajstić information content (AvgIpc) is 2.78. The number of rotatable bonds is 2. The Morgan fingerprint density at radius 3 is 2.76 bits per heavy atom. The first-order valence-corrected chi connectivity index (χ1v) is 5.76. The second-order valence-electron chi connectivity index (χ2n) is 3.93. The summed E-state index contributed by atoms with van der Waals surface area (Å²) in [5.74, 6) is 0. The highest BCUT2D eigenvalue weighted by Gasteiger charge is 2.11. The first-order valence-electron chi connectivity index (χ1n) is 5.76. The van der Waals surface area contributed by atoms with Gasteiger partial charge in [-0.3, -0.25) is 4.98 Å². The standard InChI is InChI=1S/C14H13N3/c1-2-12-14(11-6-4-3-5-7-11)16-13-10-15-8-9-17(12)13/h3-10H,2H2,1H3. The van der Waals surface area contributed by atoms with Gasteiger partial charge in [-0.05, 0) is 6.42 Å². The summed E-state index contributed by atoms with van der Waals surface area (Å²) in [5.41, 5.74) is 4.35. The largest absolute Gasteiger partial charge is 0.301 e. The molecule has 3 rings (SSSR count). The number of aryl methyl sites for hydroxylation is 1. The monoisotopic (exact) mass is 223 g/mol. The molecule has 2 heterocycles. The van der Waals surface area contributed by atoms with Gasteiger partial charge in [0.1, 0.15) is 0 Å². The molecule has 0 bridgehead atoms. The quantitative estimate of drug-likeness (QED) is 0.668. The third-order valence-corrected chi connectivity index (χ3v) is 2.91. The molecule has 17 heavy (non-hydrogen) atoms. The van der Waals surface area contributed by atoms with Crippen molar-refractivity contribution < 1.29 is 0 Å². The molecular formula is C14H13N3. The van der Waals surface area contributed by atoms with E-state index in [1.165, 1.54) is 5.69 Å². The Morgan fingerprint density at radius 1 is 1.18 bits per heavy atom. The SMILES string of the molecule is CCc1c(-c2ccccc2)nc2cnccn12. The van der Waals surface area contributed by atoms with E-state index in [2.05, 4.69) is 33.4 Å². The molecule has 0 unspecified atom stereocenters. The maximum atomic E-state index is 4.65. The van der Waals surface area contributed by atoms with Crippen LogP contribution in [0.1, 0.15) is 12.6 Å². The Morgan fingerprint density at radius 2 is 2.00 bits per heavy atom. The first kappa shape index (κ1) is 10.0. The number of hydrogen-bond acceptors (Lipinski definition) is 2. The molecule has 0 aliphatic carbocycles. The van der Waals surface area contributed by atoms with Crippen LogP contribution >= 0.6 is 0 Å². The molecule has 1 aromatic carbocycles.